The van der Waals surface area contributed by atoms with E-state index in [2.05, 4.69) is 33.2 Å². The molecule has 1 heterocycles. The van der Waals surface area contributed by atoms with Crippen molar-refractivity contribution in [3.8, 4) is 17.0 Å². The minimum absolute atomic E-state index is 0.852. The number of aryl methyl sites for hydroxylation is 1. The Hall–Kier alpha value is -1.81. The third-order valence-electron chi connectivity index (χ3n) is 3.18. The van der Waals surface area contributed by atoms with Gasteiger partial charge < -0.3 is 4.74 Å². The van der Waals surface area contributed by atoms with E-state index < -0.39 is 0 Å². The van der Waals surface area contributed by atoms with E-state index in [-0.39, 0.29) is 0 Å². The highest BCUT2D eigenvalue weighted by Crippen LogP contribution is 2.30. The molecule has 96 valence electrons. The lowest BCUT2D eigenvalue weighted by Crippen LogP contribution is -1.89. The highest BCUT2D eigenvalue weighted by Gasteiger charge is 2.10. The van der Waals surface area contributed by atoms with Gasteiger partial charge in [0.1, 0.15) is 11.4 Å². The Bertz CT molecular complexity index is 732. The summed E-state index contributed by atoms with van der Waals surface area (Å²) in [5, 5.41) is 5.75. The standard InChI is InChI=1S/C15H13BrN2O/c1-18-14-8-5-11(16)9-13(14)15(17-18)10-3-6-12(19-2)7-4-10/h3-9H,1-2H3. The van der Waals surface area contributed by atoms with Crippen molar-refractivity contribution in [2.24, 2.45) is 7.05 Å². The monoisotopic (exact) mass is 316 g/mol. The van der Waals surface area contributed by atoms with Crippen LogP contribution in [0, 0.1) is 0 Å². The first-order chi connectivity index (χ1) is 9.19. The second-order valence-corrected chi connectivity index (χ2v) is 5.28. The molecule has 0 N–H and O–H groups in total. The minimum Gasteiger partial charge on any atom is -0.497 e. The molecule has 19 heavy (non-hydrogen) atoms. The molecule has 3 nitrogen and oxygen atoms in total. The molecular weight excluding hydrogens is 304 g/mol. The zero-order chi connectivity index (χ0) is 13.4. The van der Waals surface area contributed by atoms with E-state index in [1.807, 2.05) is 42.1 Å². The second kappa shape index (κ2) is 4.70. The molecule has 0 aliphatic carbocycles. The van der Waals surface area contributed by atoms with Crippen LogP contribution in [0.3, 0.4) is 0 Å². The lowest BCUT2D eigenvalue weighted by molar-refractivity contribution is 0.415. The fourth-order valence-electron chi connectivity index (χ4n) is 2.20. The molecule has 0 aliphatic rings. The first kappa shape index (κ1) is 12.2. The Balaban J connectivity index is 2.20. The molecule has 3 aromatic rings. The fourth-order valence-corrected chi connectivity index (χ4v) is 2.56. The van der Waals surface area contributed by atoms with Crippen LogP contribution in [-0.4, -0.2) is 16.9 Å². The van der Waals surface area contributed by atoms with Crippen molar-refractivity contribution >= 4 is 26.8 Å². The zero-order valence-electron chi connectivity index (χ0n) is 10.7. The summed E-state index contributed by atoms with van der Waals surface area (Å²) in [5.74, 6) is 0.852. The molecule has 0 atom stereocenters. The van der Waals surface area contributed by atoms with Crippen molar-refractivity contribution in [2.45, 2.75) is 0 Å². The Morgan fingerprint density at radius 1 is 1.11 bits per heavy atom. The van der Waals surface area contributed by atoms with E-state index in [4.69, 9.17) is 4.74 Å². The maximum atomic E-state index is 5.18. The van der Waals surface area contributed by atoms with Gasteiger partial charge in [-0.3, -0.25) is 4.68 Å². The number of nitrogens with zero attached hydrogens (tertiary/aromatic N) is 2. The number of hydrogen-bond donors (Lipinski definition) is 0. The Labute approximate surface area is 119 Å². The molecule has 0 bridgehead atoms. The van der Waals surface area contributed by atoms with Crippen LogP contribution in [0.2, 0.25) is 0 Å². The van der Waals surface area contributed by atoms with Crippen LogP contribution in [0.25, 0.3) is 22.2 Å². The summed E-state index contributed by atoms with van der Waals surface area (Å²) in [6, 6.07) is 14.2. The summed E-state index contributed by atoms with van der Waals surface area (Å²) in [5.41, 5.74) is 3.19. The van der Waals surface area contributed by atoms with Gasteiger partial charge in [0.05, 0.1) is 12.6 Å². The van der Waals surface area contributed by atoms with E-state index in [9.17, 15) is 0 Å². The fraction of sp³-hybridized carbons (Fsp3) is 0.133. The number of aromatic nitrogens is 2. The smallest absolute Gasteiger partial charge is 0.118 e. The highest BCUT2D eigenvalue weighted by molar-refractivity contribution is 9.10. The van der Waals surface area contributed by atoms with Gasteiger partial charge in [0.2, 0.25) is 0 Å². The van der Waals surface area contributed by atoms with E-state index in [0.717, 1.165) is 32.4 Å². The molecule has 3 rings (SSSR count). The van der Waals surface area contributed by atoms with E-state index in [1.54, 1.807) is 7.11 Å². The highest BCUT2D eigenvalue weighted by atomic mass is 79.9. The molecule has 1 aromatic heterocycles. The Morgan fingerprint density at radius 2 is 1.84 bits per heavy atom. The normalized spacial score (nSPS) is 10.9. The number of hydrogen-bond acceptors (Lipinski definition) is 2. The van der Waals surface area contributed by atoms with Crippen molar-refractivity contribution in [1.82, 2.24) is 9.78 Å². The van der Waals surface area contributed by atoms with Gasteiger partial charge in [0.25, 0.3) is 0 Å². The number of ether oxygens (including phenoxy) is 1. The summed E-state index contributed by atoms with van der Waals surface area (Å²) in [6.07, 6.45) is 0. The third-order valence-corrected chi connectivity index (χ3v) is 3.67. The predicted molar refractivity (Wildman–Crippen MR) is 80.4 cm³/mol. The minimum atomic E-state index is 0.852. The van der Waals surface area contributed by atoms with Gasteiger partial charge >= 0.3 is 0 Å². The van der Waals surface area contributed by atoms with Crippen molar-refractivity contribution in [2.75, 3.05) is 7.11 Å². The van der Waals surface area contributed by atoms with Gasteiger partial charge in [-0.1, -0.05) is 15.9 Å². The number of benzene rings is 2. The Morgan fingerprint density at radius 3 is 2.53 bits per heavy atom. The molecule has 0 amide bonds. The summed E-state index contributed by atoms with van der Waals surface area (Å²) in [7, 11) is 3.63. The lowest BCUT2D eigenvalue weighted by atomic mass is 10.1. The van der Waals surface area contributed by atoms with Crippen LogP contribution in [0.5, 0.6) is 5.75 Å². The van der Waals surface area contributed by atoms with Crippen LogP contribution < -0.4 is 4.74 Å². The van der Waals surface area contributed by atoms with E-state index >= 15 is 0 Å². The molecule has 0 saturated carbocycles. The summed E-state index contributed by atoms with van der Waals surface area (Å²) in [4.78, 5) is 0. The molecule has 0 fully saturated rings. The third kappa shape index (κ3) is 2.12. The average molecular weight is 317 g/mol. The van der Waals surface area contributed by atoms with Gasteiger partial charge in [-0.05, 0) is 42.5 Å². The van der Waals surface area contributed by atoms with Crippen LogP contribution in [0.15, 0.2) is 46.9 Å². The quantitative estimate of drug-likeness (QED) is 0.714. The van der Waals surface area contributed by atoms with E-state index in [1.165, 1.54) is 0 Å². The molecule has 0 radical (unpaired) electrons. The van der Waals surface area contributed by atoms with Crippen molar-refractivity contribution in [3.05, 3.63) is 46.9 Å². The average Bonchev–Trinajstić information content (AvgIpc) is 2.75. The number of fused-ring (bicyclic) bond motifs is 1. The topological polar surface area (TPSA) is 27.1 Å². The van der Waals surface area contributed by atoms with E-state index in [0.29, 0.717) is 0 Å². The van der Waals surface area contributed by atoms with Crippen molar-refractivity contribution < 1.29 is 4.74 Å². The molecule has 0 spiro atoms. The summed E-state index contributed by atoms with van der Waals surface area (Å²) >= 11 is 3.51. The molecule has 2 aromatic carbocycles. The van der Waals surface area contributed by atoms with Gasteiger partial charge in [0, 0.05) is 22.5 Å². The number of halogens is 1. The maximum Gasteiger partial charge on any atom is 0.118 e. The SMILES string of the molecule is COc1ccc(-c2nn(C)c3ccc(Br)cc23)cc1. The van der Waals surface area contributed by atoms with Crippen molar-refractivity contribution in [3.63, 3.8) is 0 Å². The summed E-state index contributed by atoms with van der Waals surface area (Å²) < 4.78 is 8.15. The number of methoxy groups -OCH3 is 1. The van der Waals surface area contributed by atoms with Gasteiger partial charge in [-0.25, -0.2) is 0 Å². The van der Waals surface area contributed by atoms with Crippen LogP contribution >= 0.6 is 15.9 Å². The first-order valence-electron chi connectivity index (χ1n) is 5.96. The van der Waals surface area contributed by atoms with Gasteiger partial charge in [-0.2, -0.15) is 5.10 Å². The van der Waals surface area contributed by atoms with Gasteiger partial charge in [-0.15, -0.1) is 0 Å². The molecular formula is C15H13BrN2O. The first-order valence-corrected chi connectivity index (χ1v) is 6.75. The lowest BCUT2D eigenvalue weighted by Gasteiger charge is -2.01. The Kier molecular flexibility index (Phi) is 3.03. The van der Waals surface area contributed by atoms with Crippen LogP contribution in [-0.2, 0) is 7.05 Å². The predicted octanol–water partition coefficient (Wildman–Crippen LogP) is 4.01. The molecule has 0 saturated heterocycles. The van der Waals surface area contributed by atoms with Crippen molar-refractivity contribution in [1.29, 1.82) is 0 Å². The molecule has 4 heteroatoms. The van der Waals surface area contributed by atoms with Crippen LogP contribution in [0.4, 0.5) is 0 Å². The molecule has 0 unspecified atom stereocenters. The largest absolute Gasteiger partial charge is 0.497 e. The second-order valence-electron chi connectivity index (χ2n) is 4.36. The summed E-state index contributed by atoms with van der Waals surface area (Å²) in [6.45, 7) is 0. The molecule has 0 aliphatic heterocycles. The maximum absolute atomic E-state index is 5.18. The zero-order valence-corrected chi connectivity index (χ0v) is 12.3. The van der Waals surface area contributed by atoms with Gasteiger partial charge in [0.15, 0.2) is 0 Å². The van der Waals surface area contributed by atoms with Crippen LogP contribution in [0.1, 0.15) is 0 Å². The number of rotatable bonds is 2.